The number of carbonyl (C=O) groups excluding carboxylic acids is 2. The first-order valence-corrected chi connectivity index (χ1v) is 19.2. The van der Waals surface area contributed by atoms with Gasteiger partial charge in [-0.1, -0.05) is 167 Å². The van der Waals surface area contributed by atoms with E-state index in [0.29, 0.717) is 12.8 Å². The summed E-state index contributed by atoms with van der Waals surface area (Å²) in [6.45, 7) is 4.14. The van der Waals surface area contributed by atoms with Crippen LogP contribution in [0.2, 0.25) is 0 Å². The minimum Gasteiger partial charge on any atom is -0.462 e. The summed E-state index contributed by atoms with van der Waals surface area (Å²) in [5.74, 6) is -0.591. The van der Waals surface area contributed by atoms with Gasteiger partial charge in [0.15, 0.2) is 6.10 Å². The Morgan fingerprint density at radius 1 is 0.500 bits per heavy atom. The monoisotopic (exact) mass is 623 g/mol. The third-order valence-corrected chi connectivity index (χ3v) is 8.56. The molecule has 5 heteroatoms. The van der Waals surface area contributed by atoms with Crippen molar-refractivity contribution in [3.8, 4) is 0 Å². The summed E-state index contributed by atoms with van der Waals surface area (Å²) < 4.78 is 10.6. The van der Waals surface area contributed by atoms with Gasteiger partial charge >= 0.3 is 11.9 Å². The van der Waals surface area contributed by atoms with Gasteiger partial charge in [0, 0.05) is 12.8 Å². The van der Waals surface area contributed by atoms with E-state index in [0.717, 1.165) is 44.9 Å². The lowest BCUT2D eigenvalue weighted by Gasteiger charge is -2.15. The molecule has 0 saturated heterocycles. The Bertz CT molecular complexity index is 632. The highest BCUT2D eigenvalue weighted by molar-refractivity contribution is 5.70. The minimum absolute atomic E-state index is 0.0633. The van der Waals surface area contributed by atoms with Crippen LogP contribution in [0.25, 0.3) is 0 Å². The lowest BCUT2D eigenvalue weighted by Crippen LogP contribution is -2.28. The molecule has 0 rings (SSSR count). The maximum absolute atomic E-state index is 12.1. The van der Waals surface area contributed by atoms with Crippen LogP contribution in [0.3, 0.4) is 0 Å². The SMILES string of the molecule is CCCCCCCCC=CCCCCCCCC(=O)OC(CO)COC(=O)CCCCCCCCCCCCCCCCC. The van der Waals surface area contributed by atoms with Crippen molar-refractivity contribution in [1.29, 1.82) is 0 Å². The zero-order chi connectivity index (χ0) is 32.2. The number of aliphatic hydroxyl groups is 1. The van der Waals surface area contributed by atoms with Gasteiger partial charge in [-0.3, -0.25) is 9.59 Å². The summed E-state index contributed by atoms with van der Waals surface area (Å²) >= 11 is 0. The van der Waals surface area contributed by atoms with Crippen LogP contribution in [0.1, 0.15) is 206 Å². The van der Waals surface area contributed by atoms with E-state index in [1.807, 2.05) is 0 Å². The van der Waals surface area contributed by atoms with Crippen LogP contribution < -0.4 is 0 Å². The predicted octanol–water partition coefficient (Wildman–Crippen LogP) is 11.7. The Kier molecular flexibility index (Phi) is 35.0. The van der Waals surface area contributed by atoms with Gasteiger partial charge in [0.2, 0.25) is 0 Å². The van der Waals surface area contributed by atoms with Gasteiger partial charge in [0.25, 0.3) is 0 Å². The molecule has 0 fully saturated rings. The van der Waals surface area contributed by atoms with E-state index in [4.69, 9.17) is 9.47 Å². The van der Waals surface area contributed by atoms with Crippen molar-refractivity contribution in [2.45, 2.75) is 213 Å². The fourth-order valence-corrected chi connectivity index (χ4v) is 5.61. The largest absolute Gasteiger partial charge is 0.462 e. The second-order valence-electron chi connectivity index (χ2n) is 13.0. The smallest absolute Gasteiger partial charge is 0.306 e. The first-order chi connectivity index (χ1) is 21.6. The number of ether oxygens (including phenoxy) is 2. The fraction of sp³-hybridized carbons (Fsp3) is 0.897. The molecule has 0 saturated carbocycles. The van der Waals surface area contributed by atoms with Gasteiger partial charge in [-0.25, -0.2) is 0 Å². The Morgan fingerprint density at radius 2 is 0.841 bits per heavy atom. The minimum atomic E-state index is -0.768. The van der Waals surface area contributed by atoms with E-state index in [-0.39, 0.29) is 25.2 Å². The number of hydrogen-bond acceptors (Lipinski definition) is 5. The van der Waals surface area contributed by atoms with Gasteiger partial charge in [-0.15, -0.1) is 0 Å². The van der Waals surface area contributed by atoms with Crippen molar-refractivity contribution in [2.24, 2.45) is 0 Å². The third kappa shape index (κ3) is 33.5. The Hall–Kier alpha value is -1.36. The van der Waals surface area contributed by atoms with Crippen LogP contribution in [0.15, 0.2) is 12.2 Å². The van der Waals surface area contributed by atoms with Crippen molar-refractivity contribution < 1.29 is 24.2 Å². The summed E-state index contributed by atoms with van der Waals surface area (Å²) in [6, 6.07) is 0. The number of esters is 2. The molecule has 5 nitrogen and oxygen atoms in total. The van der Waals surface area contributed by atoms with Gasteiger partial charge in [-0.05, 0) is 38.5 Å². The van der Waals surface area contributed by atoms with Gasteiger partial charge in [0.1, 0.15) is 6.61 Å². The molecule has 0 aromatic rings. The highest BCUT2D eigenvalue weighted by atomic mass is 16.6. The number of allylic oxidation sites excluding steroid dienone is 2. The quantitative estimate of drug-likeness (QED) is 0.0432. The normalized spacial score (nSPS) is 12.2. The molecule has 0 aromatic heterocycles. The molecule has 0 bridgehead atoms. The number of hydrogen-bond donors (Lipinski definition) is 1. The van der Waals surface area contributed by atoms with E-state index < -0.39 is 6.10 Å². The van der Waals surface area contributed by atoms with E-state index in [9.17, 15) is 14.7 Å². The van der Waals surface area contributed by atoms with Crippen LogP contribution in [0.5, 0.6) is 0 Å². The molecular weight excluding hydrogens is 548 g/mol. The Morgan fingerprint density at radius 3 is 1.23 bits per heavy atom. The first kappa shape index (κ1) is 42.6. The zero-order valence-electron chi connectivity index (χ0n) is 29.4. The van der Waals surface area contributed by atoms with E-state index in [2.05, 4.69) is 26.0 Å². The van der Waals surface area contributed by atoms with E-state index in [1.54, 1.807) is 0 Å². The lowest BCUT2D eigenvalue weighted by atomic mass is 10.0. The van der Waals surface area contributed by atoms with E-state index >= 15 is 0 Å². The molecule has 1 unspecified atom stereocenters. The third-order valence-electron chi connectivity index (χ3n) is 8.56. The van der Waals surface area contributed by atoms with Crippen molar-refractivity contribution in [2.75, 3.05) is 13.2 Å². The van der Waals surface area contributed by atoms with Gasteiger partial charge < -0.3 is 14.6 Å². The zero-order valence-corrected chi connectivity index (χ0v) is 29.4. The molecule has 0 aliphatic rings. The number of aliphatic hydroxyl groups excluding tert-OH is 1. The van der Waals surface area contributed by atoms with Crippen LogP contribution in [-0.4, -0.2) is 36.4 Å². The molecule has 1 N–H and O–H groups in total. The van der Waals surface area contributed by atoms with E-state index in [1.165, 1.54) is 135 Å². The Balaban J connectivity index is 3.53. The molecule has 0 aromatic carbocycles. The van der Waals surface area contributed by atoms with Crippen LogP contribution in [0, 0.1) is 0 Å². The summed E-state index contributed by atoms with van der Waals surface area (Å²) in [7, 11) is 0. The summed E-state index contributed by atoms with van der Waals surface area (Å²) in [5, 5.41) is 9.53. The first-order valence-electron chi connectivity index (χ1n) is 19.2. The van der Waals surface area contributed by atoms with Crippen LogP contribution in [-0.2, 0) is 19.1 Å². The molecule has 0 aliphatic heterocycles. The molecule has 260 valence electrons. The molecule has 0 amide bonds. The molecule has 44 heavy (non-hydrogen) atoms. The highest BCUT2D eigenvalue weighted by Crippen LogP contribution is 2.14. The maximum Gasteiger partial charge on any atom is 0.306 e. The second kappa shape index (κ2) is 36.1. The molecule has 0 heterocycles. The number of unbranched alkanes of at least 4 members (excludes halogenated alkanes) is 25. The molecule has 0 aliphatic carbocycles. The lowest BCUT2D eigenvalue weighted by molar-refractivity contribution is -0.161. The number of carbonyl (C=O) groups is 2. The fourth-order valence-electron chi connectivity index (χ4n) is 5.61. The average Bonchev–Trinajstić information content (AvgIpc) is 3.02. The van der Waals surface area contributed by atoms with Gasteiger partial charge in [0.05, 0.1) is 6.61 Å². The van der Waals surface area contributed by atoms with Gasteiger partial charge in [-0.2, -0.15) is 0 Å². The molecule has 0 radical (unpaired) electrons. The predicted molar refractivity (Wildman–Crippen MR) is 187 cm³/mol. The summed E-state index contributed by atoms with van der Waals surface area (Å²) in [6.07, 6.45) is 39.8. The maximum atomic E-state index is 12.1. The topological polar surface area (TPSA) is 72.8 Å². The molecule has 0 spiro atoms. The second-order valence-corrected chi connectivity index (χ2v) is 13.0. The van der Waals surface area contributed by atoms with Crippen LogP contribution in [0.4, 0.5) is 0 Å². The van der Waals surface area contributed by atoms with Crippen molar-refractivity contribution in [3.05, 3.63) is 12.2 Å². The standard InChI is InChI=1S/C39H74O5/c1-3-5-7-9-11-13-15-17-19-21-23-25-27-29-31-33-38(41)43-36-37(35-40)44-39(42)34-32-30-28-26-24-22-20-18-16-14-12-10-8-6-4-2/h18,20,37,40H,3-17,19,21-36H2,1-2H3. The summed E-state index contributed by atoms with van der Waals surface area (Å²) in [4.78, 5) is 24.2. The molecular formula is C39H74O5. The highest BCUT2D eigenvalue weighted by Gasteiger charge is 2.16. The average molecular weight is 623 g/mol. The van der Waals surface area contributed by atoms with Crippen molar-refractivity contribution in [1.82, 2.24) is 0 Å². The molecule has 1 atom stereocenters. The van der Waals surface area contributed by atoms with Crippen molar-refractivity contribution in [3.63, 3.8) is 0 Å². The van der Waals surface area contributed by atoms with Crippen LogP contribution >= 0.6 is 0 Å². The summed E-state index contributed by atoms with van der Waals surface area (Å²) in [5.41, 5.74) is 0. The van der Waals surface area contributed by atoms with Crippen molar-refractivity contribution >= 4 is 11.9 Å². The number of rotatable bonds is 35. The Labute approximate surface area is 273 Å².